The molecule has 0 bridgehead atoms. The predicted molar refractivity (Wildman–Crippen MR) is 98.3 cm³/mol. The van der Waals surface area contributed by atoms with E-state index in [2.05, 4.69) is 15.5 Å². The molecule has 0 aliphatic heterocycles. The Hall–Kier alpha value is -2.93. The van der Waals surface area contributed by atoms with Gasteiger partial charge in [-0.3, -0.25) is 10.1 Å². The molecule has 0 saturated carbocycles. The Bertz CT molecular complexity index is 898. The molecule has 1 unspecified atom stereocenters. The van der Waals surface area contributed by atoms with Gasteiger partial charge in [0.15, 0.2) is 5.82 Å². The highest BCUT2D eigenvalue weighted by molar-refractivity contribution is 6.33. The Labute approximate surface area is 155 Å². The molecule has 0 amide bonds. The number of non-ortho nitro benzene ring substituents is 1. The van der Waals surface area contributed by atoms with Crippen LogP contribution in [0.2, 0.25) is 5.02 Å². The number of hydrogen-bond acceptors (Lipinski definition) is 6. The van der Waals surface area contributed by atoms with Gasteiger partial charge in [0.1, 0.15) is 6.04 Å². The van der Waals surface area contributed by atoms with Gasteiger partial charge in [0.2, 0.25) is 5.89 Å². The summed E-state index contributed by atoms with van der Waals surface area (Å²) in [7, 11) is 0. The van der Waals surface area contributed by atoms with Crippen LogP contribution in [0.15, 0.2) is 53.1 Å². The van der Waals surface area contributed by atoms with E-state index in [0.29, 0.717) is 23.8 Å². The second-order valence-electron chi connectivity index (χ2n) is 5.71. The minimum atomic E-state index is -0.486. The lowest BCUT2D eigenvalue weighted by Gasteiger charge is -2.18. The van der Waals surface area contributed by atoms with Crippen LogP contribution in [0.25, 0.3) is 0 Å². The van der Waals surface area contributed by atoms with Gasteiger partial charge in [-0.2, -0.15) is 4.98 Å². The summed E-state index contributed by atoms with van der Waals surface area (Å²) in [4.78, 5) is 14.9. The first-order chi connectivity index (χ1) is 12.6. The fourth-order valence-corrected chi connectivity index (χ4v) is 2.76. The second-order valence-corrected chi connectivity index (χ2v) is 6.11. The van der Waals surface area contributed by atoms with Crippen molar-refractivity contribution < 1.29 is 9.45 Å². The molecule has 1 atom stereocenters. The molecule has 3 rings (SSSR count). The van der Waals surface area contributed by atoms with Crippen molar-refractivity contribution in [1.82, 2.24) is 10.1 Å². The summed E-state index contributed by atoms with van der Waals surface area (Å²) in [5.74, 6) is 1.05. The second kappa shape index (κ2) is 7.97. The van der Waals surface area contributed by atoms with Gasteiger partial charge in [-0.05, 0) is 18.1 Å². The largest absolute Gasteiger partial charge is 0.370 e. The number of nitrogens with zero attached hydrogens (tertiary/aromatic N) is 3. The maximum absolute atomic E-state index is 10.9. The van der Waals surface area contributed by atoms with Crippen LogP contribution in [-0.4, -0.2) is 15.1 Å². The Kier molecular flexibility index (Phi) is 5.48. The van der Waals surface area contributed by atoms with Crippen LogP contribution in [0.3, 0.4) is 0 Å². The number of anilines is 1. The molecule has 1 N–H and O–H groups in total. The highest BCUT2D eigenvalue weighted by Crippen LogP contribution is 2.31. The van der Waals surface area contributed by atoms with Crippen LogP contribution in [0, 0.1) is 10.1 Å². The van der Waals surface area contributed by atoms with Crippen molar-refractivity contribution >= 4 is 23.0 Å². The van der Waals surface area contributed by atoms with Gasteiger partial charge in [-0.1, -0.05) is 54.0 Å². The van der Waals surface area contributed by atoms with Crippen LogP contribution < -0.4 is 5.32 Å². The number of aromatic nitrogens is 2. The third-order valence-electron chi connectivity index (χ3n) is 3.80. The highest BCUT2D eigenvalue weighted by Gasteiger charge is 2.22. The van der Waals surface area contributed by atoms with Crippen molar-refractivity contribution in [1.29, 1.82) is 0 Å². The normalized spacial score (nSPS) is 11.9. The number of aryl methyl sites for hydroxylation is 1. The molecule has 134 valence electrons. The molecule has 3 aromatic rings. The fourth-order valence-electron chi connectivity index (χ4n) is 2.53. The van der Waals surface area contributed by atoms with Gasteiger partial charge < -0.3 is 9.84 Å². The smallest absolute Gasteiger partial charge is 0.271 e. The first kappa shape index (κ1) is 17.9. The monoisotopic (exact) mass is 372 g/mol. The molecule has 0 fully saturated rings. The molecular formula is C18H17ClN4O3. The molecule has 1 heterocycles. The lowest BCUT2D eigenvalue weighted by Crippen LogP contribution is -2.14. The van der Waals surface area contributed by atoms with Crippen LogP contribution in [0.1, 0.15) is 36.7 Å². The molecule has 0 aliphatic carbocycles. The maximum atomic E-state index is 10.9. The number of rotatable bonds is 7. The molecule has 26 heavy (non-hydrogen) atoms. The van der Waals surface area contributed by atoms with Gasteiger partial charge in [-0.25, -0.2) is 0 Å². The Balaban J connectivity index is 1.95. The SMILES string of the molecule is CCCc1nc(C(Nc2ccc([N+](=O)[O-])cc2Cl)c2ccccc2)no1. The van der Waals surface area contributed by atoms with Gasteiger partial charge in [0.05, 0.1) is 15.6 Å². The zero-order valence-electron chi connectivity index (χ0n) is 14.1. The standard InChI is InChI=1S/C18H17ClN4O3/c1-2-6-16-21-18(22-26-16)17(12-7-4-3-5-8-12)20-15-10-9-13(23(24)25)11-14(15)19/h3-5,7-11,17,20H,2,6H2,1H3. The highest BCUT2D eigenvalue weighted by atomic mass is 35.5. The van der Waals surface area contributed by atoms with E-state index < -0.39 is 11.0 Å². The molecular weight excluding hydrogens is 356 g/mol. The summed E-state index contributed by atoms with van der Waals surface area (Å²) in [5, 5.41) is 18.5. The summed E-state index contributed by atoms with van der Waals surface area (Å²) in [6, 6.07) is 13.5. The van der Waals surface area contributed by atoms with Crippen LogP contribution in [0.5, 0.6) is 0 Å². The maximum Gasteiger partial charge on any atom is 0.271 e. The van der Waals surface area contributed by atoms with Gasteiger partial charge in [-0.15, -0.1) is 0 Å². The fraction of sp³-hybridized carbons (Fsp3) is 0.222. The van der Waals surface area contributed by atoms with Crippen molar-refractivity contribution in [3.63, 3.8) is 0 Å². The average molecular weight is 373 g/mol. The van der Waals surface area contributed by atoms with E-state index in [1.807, 2.05) is 37.3 Å². The summed E-state index contributed by atoms with van der Waals surface area (Å²) in [6.07, 6.45) is 1.60. The van der Waals surface area contributed by atoms with Crippen LogP contribution >= 0.6 is 11.6 Å². The van der Waals surface area contributed by atoms with E-state index in [0.717, 1.165) is 12.0 Å². The Morgan fingerprint density at radius 1 is 1.27 bits per heavy atom. The zero-order valence-corrected chi connectivity index (χ0v) is 14.8. The summed E-state index contributed by atoms with van der Waals surface area (Å²) in [5.41, 5.74) is 1.40. The van der Waals surface area contributed by atoms with Crippen LogP contribution in [0.4, 0.5) is 11.4 Å². The van der Waals surface area contributed by atoms with E-state index in [1.165, 1.54) is 12.1 Å². The number of nitro benzene ring substituents is 1. The lowest BCUT2D eigenvalue weighted by molar-refractivity contribution is -0.384. The van der Waals surface area contributed by atoms with Crippen molar-refractivity contribution in [3.8, 4) is 0 Å². The summed E-state index contributed by atoms with van der Waals surface area (Å²) in [6.45, 7) is 2.04. The minimum absolute atomic E-state index is 0.0680. The number of hydrogen-bond donors (Lipinski definition) is 1. The molecule has 0 saturated heterocycles. The molecule has 7 nitrogen and oxygen atoms in total. The number of benzene rings is 2. The molecule has 0 radical (unpaired) electrons. The first-order valence-corrected chi connectivity index (χ1v) is 8.54. The Morgan fingerprint density at radius 3 is 2.69 bits per heavy atom. The van der Waals surface area contributed by atoms with E-state index in [9.17, 15) is 10.1 Å². The number of halogens is 1. The molecule has 2 aromatic carbocycles. The topological polar surface area (TPSA) is 94.1 Å². The number of nitro groups is 1. The lowest BCUT2D eigenvalue weighted by atomic mass is 10.1. The van der Waals surface area contributed by atoms with Gasteiger partial charge >= 0.3 is 0 Å². The molecule has 0 aliphatic rings. The van der Waals surface area contributed by atoms with Crippen molar-refractivity contribution in [2.24, 2.45) is 0 Å². The van der Waals surface area contributed by atoms with Gasteiger partial charge in [0, 0.05) is 18.6 Å². The zero-order chi connectivity index (χ0) is 18.5. The number of nitrogens with one attached hydrogen (secondary N) is 1. The van der Waals surface area contributed by atoms with Crippen molar-refractivity contribution in [3.05, 3.63) is 80.9 Å². The van der Waals surface area contributed by atoms with Crippen molar-refractivity contribution in [2.45, 2.75) is 25.8 Å². The van der Waals surface area contributed by atoms with E-state index >= 15 is 0 Å². The summed E-state index contributed by atoms with van der Waals surface area (Å²) < 4.78 is 5.30. The van der Waals surface area contributed by atoms with Gasteiger partial charge in [0.25, 0.3) is 5.69 Å². The summed E-state index contributed by atoms with van der Waals surface area (Å²) >= 11 is 6.22. The van der Waals surface area contributed by atoms with E-state index in [1.54, 1.807) is 6.07 Å². The quantitative estimate of drug-likeness (QED) is 0.473. The minimum Gasteiger partial charge on any atom is -0.370 e. The molecule has 0 spiro atoms. The van der Waals surface area contributed by atoms with E-state index in [4.69, 9.17) is 16.1 Å². The predicted octanol–water partition coefficient (Wildman–Crippen LogP) is 4.79. The Morgan fingerprint density at radius 2 is 2.04 bits per heavy atom. The van der Waals surface area contributed by atoms with Crippen LogP contribution in [-0.2, 0) is 6.42 Å². The average Bonchev–Trinajstić information content (AvgIpc) is 3.10. The molecule has 8 heteroatoms. The van der Waals surface area contributed by atoms with Crippen molar-refractivity contribution in [2.75, 3.05) is 5.32 Å². The third-order valence-corrected chi connectivity index (χ3v) is 4.11. The van der Waals surface area contributed by atoms with E-state index in [-0.39, 0.29) is 10.7 Å². The third kappa shape index (κ3) is 4.00. The first-order valence-electron chi connectivity index (χ1n) is 8.16. The molecule has 1 aromatic heterocycles.